The van der Waals surface area contributed by atoms with Crippen molar-refractivity contribution in [3.63, 3.8) is 0 Å². The predicted octanol–water partition coefficient (Wildman–Crippen LogP) is 0.0908. The second-order valence-corrected chi connectivity index (χ2v) is 5.44. The standard InChI is InChI=1S/C10H15NO4S/c1-15-10-4-3-7(16(2,13)14)5-8(10)9(12)6-11/h3-5,9,12H,6,11H2,1-2H3. The average molecular weight is 245 g/mol. The fourth-order valence-electron chi connectivity index (χ4n) is 1.33. The molecular formula is C10H15NO4S. The van der Waals surface area contributed by atoms with Gasteiger partial charge >= 0.3 is 0 Å². The molecule has 0 heterocycles. The van der Waals surface area contributed by atoms with Crippen molar-refractivity contribution < 1.29 is 18.3 Å². The smallest absolute Gasteiger partial charge is 0.175 e. The van der Waals surface area contributed by atoms with Gasteiger partial charge in [0.2, 0.25) is 0 Å². The van der Waals surface area contributed by atoms with Crippen LogP contribution in [0.15, 0.2) is 23.1 Å². The van der Waals surface area contributed by atoms with Crippen LogP contribution in [0.3, 0.4) is 0 Å². The summed E-state index contributed by atoms with van der Waals surface area (Å²) in [6, 6.07) is 4.32. The number of nitrogens with two attached hydrogens (primary N) is 1. The third-order valence-corrected chi connectivity index (χ3v) is 3.32. The molecule has 0 saturated carbocycles. The minimum Gasteiger partial charge on any atom is -0.496 e. The maximum Gasteiger partial charge on any atom is 0.175 e. The monoisotopic (exact) mass is 245 g/mol. The Kier molecular flexibility index (Phi) is 3.90. The van der Waals surface area contributed by atoms with Gasteiger partial charge in [0.25, 0.3) is 0 Å². The summed E-state index contributed by atoms with van der Waals surface area (Å²) in [5.41, 5.74) is 5.71. The van der Waals surface area contributed by atoms with Crippen LogP contribution in [0.4, 0.5) is 0 Å². The van der Waals surface area contributed by atoms with Gasteiger partial charge in [0.1, 0.15) is 5.75 Å². The number of aliphatic hydroxyl groups is 1. The van der Waals surface area contributed by atoms with Crippen LogP contribution in [0.1, 0.15) is 11.7 Å². The first-order chi connectivity index (χ1) is 7.40. The van der Waals surface area contributed by atoms with E-state index in [1.165, 1.54) is 25.3 Å². The lowest BCUT2D eigenvalue weighted by molar-refractivity contribution is 0.182. The first kappa shape index (κ1) is 13.0. The highest BCUT2D eigenvalue weighted by Crippen LogP contribution is 2.27. The SMILES string of the molecule is COc1ccc(S(C)(=O)=O)cc1C(O)CN. The first-order valence-corrected chi connectivity index (χ1v) is 6.55. The molecule has 0 spiro atoms. The Bertz CT molecular complexity index is 470. The van der Waals surface area contributed by atoms with Crippen LogP contribution in [-0.4, -0.2) is 33.4 Å². The molecule has 1 atom stereocenters. The highest BCUT2D eigenvalue weighted by molar-refractivity contribution is 7.90. The van der Waals surface area contributed by atoms with Crippen molar-refractivity contribution in [3.05, 3.63) is 23.8 Å². The number of benzene rings is 1. The van der Waals surface area contributed by atoms with Crippen molar-refractivity contribution in [2.24, 2.45) is 5.73 Å². The Labute approximate surface area is 94.8 Å². The second-order valence-electron chi connectivity index (χ2n) is 3.43. The van der Waals surface area contributed by atoms with E-state index >= 15 is 0 Å². The second kappa shape index (κ2) is 4.82. The molecule has 1 unspecified atom stereocenters. The fourth-order valence-corrected chi connectivity index (χ4v) is 1.99. The summed E-state index contributed by atoms with van der Waals surface area (Å²) in [6.07, 6.45) is 0.171. The normalized spacial score (nSPS) is 13.5. The molecule has 16 heavy (non-hydrogen) atoms. The van der Waals surface area contributed by atoms with Gasteiger partial charge in [0.15, 0.2) is 9.84 Å². The largest absolute Gasteiger partial charge is 0.496 e. The summed E-state index contributed by atoms with van der Waals surface area (Å²) in [5, 5.41) is 9.63. The molecule has 0 aliphatic rings. The molecule has 0 aliphatic carbocycles. The van der Waals surface area contributed by atoms with Gasteiger partial charge in [-0.3, -0.25) is 0 Å². The maximum atomic E-state index is 11.3. The molecule has 0 radical (unpaired) electrons. The van der Waals surface area contributed by atoms with Crippen molar-refractivity contribution in [1.82, 2.24) is 0 Å². The van der Waals surface area contributed by atoms with E-state index in [0.717, 1.165) is 6.26 Å². The summed E-state index contributed by atoms with van der Waals surface area (Å²) in [5.74, 6) is 0.422. The van der Waals surface area contributed by atoms with Crippen LogP contribution in [0.2, 0.25) is 0 Å². The first-order valence-electron chi connectivity index (χ1n) is 4.66. The van der Waals surface area contributed by atoms with E-state index in [-0.39, 0.29) is 11.4 Å². The molecule has 1 aromatic rings. The third-order valence-electron chi connectivity index (χ3n) is 2.21. The van der Waals surface area contributed by atoms with E-state index in [2.05, 4.69) is 0 Å². The molecule has 90 valence electrons. The molecule has 6 heteroatoms. The lowest BCUT2D eigenvalue weighted by atomic mass is 10.1. The van der Waals surface area contributed by atoms with Crippen LogP contribution < -0.4 is 10.5 Å². The maximum absolute atomic E-state index is 11.3. The molecular weight excluding hydrogens is 230 g/mol. The Balaban J connectivity index is 3.32. The summed E-state index contributed by atoms with van der Waals surface area (Å²) >= 11 is 0. The zero-order chi connectivity index (χ0) is 12.3. The molecule has 3 N–H and O–H groups in total. The van der Waals surface area contributed by atoms with Gasteiger partial charge in [0, 0.05) is 18.4 Å². The Hall–Kier alpha value is -1.11. The number of aliphatic hydroxyl groups excluding tert-OH is 1. The quantitative estimate of drug-likeness (QED) is 0.784. The predicted molar refractivity (Wildman–Crippen MR) is 60.1 cm³/mol. The Morgan fingerprint density at radius 3 is 2.56 bits per heavy atom. The molecule has 0 bridgehead atoms. The van der Waals surface area contributed by atoms with Crippen LogP contribution in [0.5, 0.6) is 5.75 Å². The van der Waals surface area contributed by atoms with Crippen LogP contribution in [-0.2, 0) is 9.84 Å². The van der Waals surface area contributed by atoms with E-state index < -0.39 is 15.9 Å². The van der Waals surface area contributed by atoms with Gasteiger partial charge in [-0.25, -0.2) is 8.42 Å². The topological polar surface area (TPSA) is 89.6 Å². The van der Waals surface area contributed by atoms with Crippen molar-refractivity contribution in [2.45, 2.75) is 11.0 Å². The zero-order valence-electron chi connectivity index (χ0n) is 9.17. The van der Waals surface area contributed by atoms with Crippen molar-refractivity contribution in [2.75, 3.05) is 19.9 Å². The van der Waals surface area contributed by atoms with Crippen LogP contribution in [0.25, 0.3) is 0 Å². The number of methoxy groups -OCH3 is 1. The fraction of sp³-hybridized carbons (Fsp3) is 0.400. The van der Waals surface area contributed by atoms with E-state index in [4.69, 9.17) is 10.5 Å². The third kappa shape index (κ3) is 2.72. The van der Waals surface area contributed by atoms with Crippen LogP contribution >= 0.6 is 0 Å². The van der Waals surface area contributed by atoms with Gasteiger partial charge in [-0.2, -0.15) is 0 Å². The molecule has 0 aliphatic heterocycles. The van der Waals surface area contributed by atoms with Gasteiger partial charge in [-0.15, -0.1) is 0 Å². The van der Waals surface area contributed by atoms with Gasteiger partial charge in [-0.1, -0.05) is 0 Å². The molecule has 0 saturated heterocycles. The van der Waals surface area contributed by atoms with Gasteiger partial charge < -0.3 is 15.6 Å². The minimum absolute atomic E-state index is 0.00355. The zero-order valence-corrected chi connectivity index (χ0v) is 9.99. The molecule has 0 fully saturated rings. The van der Waals surface area contributed by atoms with Crippen molar-refractivity contribution >= 4 is 9.84 Å². The number of sulfone groups is 1. The lowest BCUT2D eigenvalue weighted by Crippen LogP contribution is -2.13. The highest BCUT2D eigenvalue weighted by Gasteiger charge is 2.16. The van der Waals surface area contributed by atoms with Crippen molar-refractivity contribution in [3.8, 4) is 5.75 Å². The van der Waals surface area contributed by atoms with E-state index in [1.54, 1.807) is 0 Å². The van der Waals surface area contributed by atoms with E-state index in [1.807, 2.05) is 0 Å². The van der Waals surface area contributed by atoms with E-state index in [9.17, 15) is 13.5 Å². The molecule has 0 amide bonds. The minimum atomic E-state index is -3.30. The van der Waals surface area contributed by atoms with Gasteiger partial charge in [0.05, 0.1) is 18.1 Å². The summed E-state index contributed by atoms with van der Waals surface area (Å²) < 4.78 is 27.7. The summed E-state index contributed by atoms with van der Waals surface area (Å²) in [6.45, 7) is 0.00355. The number of hydrogen-bond donors (Lipinski definition) is 2. The molecule has 1 rings (SSSR count). The van der Waals surface area contributed by atoms with Crippen LogP contribution in [0, 0.1) is 0 Å². The Morgan fingerprint density at radius 1 is 1.50 bits per heavy atom. The average Bonchev–Trinajstić information content (AvgIpc) is 2.25. The van der Waals surface area contributed by atoms with Crippen molar-refractivity contribution in [1.29, 1.82) is 0 Å². The Morgan fingerprint density at radius 2 is 2.12 bits per heavy atom. The summed E-state index contributed by atoms with van der Waals surface area (Å²) in [7, 11) is -1.85. The number of rotatable bonds is 4. The summed E-state index contributed by atoms with van der Waals surface area (Å²) in [4.78, 5) is 0.135. The molecule has 0 aromatic heterocycles. The molecule has 5 nitrogen and oxygen atoms in total. The molecule has 1 aromatic carbocycles. The highest BCUT2D eigenvalue weighted by atomic mass is 32.2. The number of ether oxygens (including phenoxy) is 1. The number of hydrogen-bond acceptors (Lipinski definition) is 5. The van der Waals surface area contributed by atoms with Gasteiger partial charge in [-0.05, 0) is 18.2 Å². The van der Waals surface area contributed by atoms with E-state index in [0.29, 0.717) is 11.3 Å². The lowest BCUT2D eigenvalue weighted by Gasteiger charge is -2.14.